The highest BCUT2D eigenvalue weighted by molar-refractivity contribution is 5.92. The van der Waals surface area contributed by atoms with Crippen molar-refractivity contribution in [1.29, 1.82) is 0 Å². The van der Waals surface area contributed by atoms with E-state index in [1.807, 2.05) is 6.07 Å². The summed E-state index contributed by atoms with van der Waals surface area (Å²) in [4.78, 5) is 12.2. The van der Waals surface area contributed by atoms with Crippen LogP contribution in [-0.2, 0) is 0 Å². The lowest BCUT2D eigenvalue weighted by Crippen LogP contribution is -2.38. The minimum Gasteiger partial charge on any atom is -0.369 e. The Morgan fingerprint density at radius 1 is 1.29 bits per heavy atom. The molecule has 1 fully saturated rings. The van der Waals surface area contributed by atoms with Crippen molar-refractivity contribution in [3.05, 3.63) is 17.8 Å². The van der Waals surface area contributed by atoms with Crippen LogP contribution in [0.3, 0.4) is 0 Å². The summed E-state index contributed by atoms with van der Waals surface area (Å²) in [5.41, 5.74) is 0.393. The monoisotopic (exact) mass is 290 g/mol. The first kappa shape index (κ1) is 15.7. The molecule has 0 bridgehead atoms. The van der Waals surface area contributed by atoms with E-state index in [-0.39, 0.29) is 11.9 Å². The Bertz CT molecular complexity index is 460. The quantitative estimate of drug-likeness (QED) is 0.845. The van der Waals surface area contributed by atoms with Crippen LogP contribution in [0.1, 0.15) is 56.9 Å². The summed E-state index contributed by atoms with van der Waals surface area (Å²) in [6.07, 6.45) is 4.48. The average Bonchev–Trinajstić information content (AvgIpc) is 2.86. The summed E-state index contributed by atoms with van der Waals surface area (Å²) in [5.74, 6) is 1.87. The van der Waals surface area contributed by atoms with Gasteiger partial charge < -0.3 is 10.6 Å². The van der Waals surface area contributed by atoms with E-state index < -0.39 is 0 Å². The zero-order valence-corrected chi connectivity index (χ0v) is 13.2. The first-order chi connectivity index (χ1) is 10.2. The number of rotatable bonds is 6. The molecule has 5 nitrogen and oxygen atoms in total. The summed E-state index contributed by atoms with van der Waals surface area (Å²) >= 11 is 0. The van der Waals surface area contributed by atoms with E-state index in [9.17, 15) is 4.79 Å². The number of carbonyl (C=O) groups excluding carboxylic acids is 1. The van der Waals surface area contributed by atoms with Crippen molar-refractivity contribution < 1.29 is 4.79 Å². The minimum atomic E-state index is -0.113. The summed E-state index contributed by atoms with van der Waals surface area (Å²) in [7, 11) is 0. The topological polar surface area (TPSA) is 66.9 Å². The summed E-state index contributed by atoms with van der Waals surface area (Å²) in [5, 5.41) is 14.3. The number of hydrogen-bond acceptors (Lipinski definition) is 4. The van der Waals surface area contributed by atoms with Crippen molar-refractivity contribution in [3.63, 3.8) is 0 Å². The van der Waals surface area contributed by atoms with Gasteiger partial charge in [0.1, 0.15) is 5.82 Å². The molecule has 1 aliphatic rings. The third-order valence-corrected chi connectivity index (χ3v) is 4.52. The Hall–Kier alpha value is -1.65. The van der Waals surface area contributed by atoms with Gasteiger partial charge in [-0.3, -0.25) is 4.79 Å². The molecule has 2 N–H and O–H groups in total. The molecule has 3 unspecified atom stereocenters. The molecule has 0 radical (unpaired) electrons. The van der Waals surface area contributed by atoms with Crippen LogP contribution in [0.2, 0.25) is 0 Å². The van der Waals surface area contributed by atoms with E-state index in [0.717, 1.165) is 25.3 Å². The molecule has 2 rings (SSSR count). The van der Waals surface area contributed by atoms with Gasteiger partial charge in [-0.25, -0.2) is 0 Å². The van der Waals surface area contributed by atoms with Gasteiger partial charge in [-0.05, 0) is 43.2 Å². The summed E-state index contributed by atoms with van der Waals surface area (Å²) in [6, 6.07) is 3.81. The third-order valence-electron chi connectivity index (χ3n) is 4.52. The molecular weight excluding hydrogens is 264 g/mol. The SMILES string of the molecule is CCCNc1ccc(C(=O)NC2CCC(CC)C2C)nn1. The number of nitrogens with zero attached hydrogens (tertiary/aromatic N) is 2. The summed E-state index contributed by atoms with van der Waals surface area (Å²) in [6.45, 7) is 7.40. The van der Waals surface area contributed by atoms with Crippen molar-refractivity contribution in [2.24, 2.45) is 11.8 Å². The molecule has 0 aromatic carbocycles. The molecule has 1 aromatic rings. The van der Waals surface area contributed by atoms with E-state index in [2.05, 4.69) is 41.6 Å². The Kier molecular flexibility index (Phi) is 5.53. The number of hydrogen-bond donors (Lipinski definition) is 2. The molecular formula is C16H26N4O. The predicted molar refractivity (Wildman–Crippen MR) is 84.2 cm³/mol. The van der Waals surface area contributed by atoms with Crippen LogP contribution < -0.4 is 10.6 Å². The van der Waals surface area contributed by atoms with E-state index in [1.165, 1.54) is 12.8 Å². The predicted octanol–water partition coefficient (Wildman–Crippen LogP) is 2.85. The number of nitrogens with one attached hydrogen (secondary N) is 2. The molecule has 0 aliphatic heterocycles. The fourth-order valence-electron chi connectivity index (χ4n) is 3.07. The van der Waals surface area contributed by atoms with E-state index in [4.69, 9.17) is 0 Å². The van der Waals surface area contributed by atoms with Gasteiger partial charge in [-0.1, -0.05) is 27.2 Å². The number of anilines is 1. The Morgan fingerprint density at radius 3 is 2.67 bits per heavy atom. The molecule has 21 heavy (non-hydrogen) atoms. The molecule has 0 saturated heterocycles. The maximum absolute atomic E-state index is 12.2. The number of aromatic nitrogens is 2. The second-order valence-electron chi connectivity index (χ2n) is 5.92. The zero-order chi connectivity index (χ0) is 15.2. The Labute approximate surface area is 126 Å². The van der Waals surface area contributed by atoms with E-state index in [1.54, 1.807) is 6.07 Å². The van der Waals surface area contributed by atoms with Crippen LogP contribution >= 0.6 is 0 Å². The standard InChI is InChI=1S/C16H26N4O/c1-4-10-17-15-9-8-14(19-20-15)16(21)18-13-7-6-12(5-2)11(13)3/h8-9,11-13H,4-7,10H2,1-3H3,(H,17,20)(H,18,21). The Morgan fingerprint density at radius 2 is 2.10 bits per heavy atom. The second kappa shape index (κ2) is 7.38. The highest BCUT2D eigenvalue weighted by atomic mass is 16.2. The van der Waals surface area contributed by atoms with Crippen LogP contribution in [0.4, 0.5) is 5.82 Å². The van der Waals surface area contributed by atoms with Gasteiger partial charge in [0.2, 0.25) is 0 Å². The van der Waals surface area contributed by atoms with Gasteiger partial charge in [-0.15, -0.1) is 10.2 Å². The van der Waals surface area contributed by atoms with Crippen molar-refractivity contribution in [2.45, 2.75) is 52.5 Å². The largest absolute Gasteiger partial charge is 0.369 e. The van der Waals surface area contributed by atoms with Crippen molar-refractivity contribution in [2.75, 3.05) is 11.9 Å². The highest BCUT2D eigenvalue weighted by Crippen LogP contribution is 2.33. The van der Waals surface area contributed by atoms with E-state index >= 15 is 0 Å². The van der Waals surface area contributed by atoms with Crippen LogP contribution in [0.5, 0.6) is 0 Å². The highest BCUT2D eigenvalue weighted by Gasteiger charge is 2.32. The van der Waals surface area contributed by atoms with Crippen LogP contribution in [0.15, 0.2) is 12.1 Å². The van der Waals surface area contributed by atoms with E-state index in [0.29, 0.717) is 17.4 Å². The fraction of sp³-hybridized carbons (Fsp3) is 0.688. The lowest BCUT2D eigenvalue weighted by molar-refractivity contribution is 0.0920. The third kappa shape index (κ3) is 3.93. The molecule has 3 atom stereocenters. The van der Waals surface area contributed by atoms with Gasteiger partial charge in [0.15, 0.2) is 5.69 Å². The average molecular weight is 290 g/mol. The van der Waals surface area contributed by atoms with Crippen LogP contribution in [-0.4, -0.2) is 28.7 Å². The summed E-state index contributed by atoms with van der Waals surface area (Å²) < 4.78 is 0. The van der Waals surface area contributed by atoms with Crippen molar-refractivity contribution in [1.82, 2.24) is 15.5 Å². The van der Waals surface area contributed by atoms with Gasteiger partial charge >= 0.3 is 0 Å². The molecule has 1 aromatic heterocycles. The molecule has 116 valence electrons. The van der Waals surface area contributed by atoms with Gasteiger partial charge in [0.05, 0.1) is 0 Å². The van der Waals surface area contributed by atoms with Gasteiger partial charge in [-0.2, -0.15) is 0 Å². The smallest absolute Gasteiger partial charge is 0.272 e. The molecule has 1 aliphatic carbocycles. The first-order valence-corrected chi connectivity index (χ1v) is 8.04. The minimum absolute atomic E-state index is 0.113. The lowest BCUT2D eigenvalue weighted by atomic mass is 9.93. The zero-order valence-electron chi connectivity index (χ0n) is 13.2. The Balaban J connectivity index is 1.91. The maximum atomic E-state index is 12.2. The molecule has 5 heteroatoms. The van der Waals surface area contributed by atoms with Crippen LogP contribution in [0, 0.1) is 11.8 Å². The molecule has 1 saturated carbocycles. The normalized spacial score (nSPS) is 24.8. The molecule has 0 spiro atoms. The first-order valence-electron chi connectivity index (χ1n) is 8.04. The second-order valence-corrected chi connectivity index (χ2v) is 5.92. The van der Waals surface area contributed by atoms with Crippen LogP contribution in [0.25, 0.3) is 0 Å². The van der Waals surface area contributed by atoms with Crippen molar-refractivity contribution in [3.8, 4) is 0 Å². The van der Waals surface area contributed by atoms with Crippen molar-refractivity contribution >= 4 is 11.7 Å². The lowest BCUT2D eigenvalue weighted by Gasteiger charge is -2.20. The number of carbonyl (C=O) groups is 1. The molecule has 1 amide bonds. The van der Waals surface area contributed by atoms with Gasteiger partial charge in [0, 0.05) is 12.6 Å². The number of amides is 1. The maximum Gasteiger partial charge on any atom is 0.272 e. The van der Waals surface area contributed by atoms with Gasteiger partial charge in [0.25, 0.3) is 5.91 Å². The molecule has 1 heterocycles. The fourth-order valence-corrected chi connectivity index (χ4v) is 3.07.